The van der Waals surface area contributed by atoms with Crippen LogP contribution in [0.25, 0.3) is 0 Å². The van der Waals surface area contributed by atoms with Crippen molar-refractivity contribution in [3.8, 4) is 0 Å². The number of rotatable bonds is 0. The smallest absolute Gasteiger partial charge is 0.129 e. The lowest BCUT2D eigenvalue weighted by molar-refractivity contribution is 1.33. The Bertz CT molecular complexity index is 139. The summed E-state index contributed by atoms with van der Waals surface area (Å²) in [5, 5.41) is 0.544. The van der Waals surface area contributed by atoms with Crippen molar-refractivity contribution in [1.29, 1.82) is 0 Å². The quantitative estimate of drug-likeness (QED) is 0.509. The number of pyridine rings is 1. The molecule has 0 amide bonds. The van der Waals surface area contributed by atoms with Crippen LogP contribution < -0.4 is 0 Å². The molecule has 50 valence electrons. The first-order valence-electron chi connectivity index (χ1n) is 2.96. The molecule has 1 aromatic rings. The molecule has 0 aliphatic heterocycles. The Morgan fingerprint density at radius 2 is 2.00 bits per heavy atom. The molecule has 0 saturated heterocycles. The summed E-state index contributed by atoms with van der Waals surface area (Å²) in [6.45, 7) is 4.00. The van der Waals surface area contributed by atoms with Gasteiger partial charge in [-0.2, -0.15) is 0 Å². The van der Waals surface area contributed by atoms with Crippen LogP contribution in [0.4, 0.5) is 0 Å². The summed E-state index contributed by atoms with van der Waals surface area (Å²) in [4.78, 5) is 3.74. The molecule has 0 saturated carbocycles. The van der Waals surface area contributed by atoms with Gasteiger partial charge in [-0.25, -0.2) is 4.98 Å². The minimum absolute atomic E-state index is 0.544. The van der Waals surface area contributed by atoms with Crippen molar-refractivity contribution in [3.63, 3.8) is 0 Å². The maximum atomic E-state index is 5.43. The standard InChI is InChI=1S/C5H4ClN.C2H6/c6-5-3-1-2-4-7-5;1-2/h1-4H;1-2H3. The minimum atomic E-state index is 0.544. The zero-order valence-electron chi connectivity index (χ0n) is 5.63. The van der Waals surface area contributed by atoms with Gasteiger partial charge in [0, 0.05) is 6.20 Å². The summed E-state index contributed by atoms with van der Waals surface area (Å²) in [5.41, 5.74) is 0. The molecule has 0 spiro atoms. The van der Waals surface area contributed by atoms with E-state index in [-0.39, 0.29) is 0 Å². The Hall–Kier alpha value is -0.560. The summed E-state index contributed by atoms with van der Waals surface area (Å²) in [6.07, 6.45) is 1.66. The van der Waals surface area contributed by atoms with E-state index in [4.69, 9.17) is 11.6 Å². The highest BCUT2D eigenvalue weighted by molar-refractivity contribution is 6.29. The van der Waals surface area contributed by atoms with Crippen LogP contribution in [0.3, 0.4) is 0 Å². The molecule has 2 heteroatoms. The maximum Gasteiger partial charge on any atom is 0.129 e. The molecule has 1 nitrogen and oxygen atoms in total. The van der Waals surface area contributed by atoms with E-state index in [0.717, 1.165) is 0 Å². The van der Waals surface area contributed by atoms with Gasteiger partial charge >= 0.3 is 0 Å². The molecule has 0 atom stereocenters. The molecule has 0 radical (unpaired) electrons. The first kappa shape index (κ1) is 8.44. The fourth-order valence-electron chi connectivity index (χ4n) is 0.342. The van der Waals surface area contributed by atoms with Crippen molar-refractivity contribution < 1.29 is 0 Å². The second-order valence-corrected chi connectivity index (χ2v) is 1.54. The summed E-state index contributed by atoms with van der Waals surface area (Å²) >= 11 is 5.43. The Balaban J connectivity index is 0.000000291. The zero-order valence-corrected chi connectivity index (χ0v) is 6.39. The first-order valence-corrected chi connectivity index (χ1v) is 3.34. The van der Waals surface area contributed by atoms with Crippen molar-refractivity contribution >= 4 is 11.6 Å². The average Bonchev–Trinajstić information content (AvgIpc) is 1.94. The normalized spacial score (nSPS) is 7.44. The van der Waals surface area contributed by atoms with Gasteiger partial charge in [-0.15, -0.1) is 0 Å². The molecule has 1 rings (SSSR count). The van der Waals surface area contributed by atoms with Crippen molar-refractivity contribution in [2.75, 3.05) is 0 Å². The predicted molar refractivity (Wildman–Crippen MR) is 40.6 cm³/mol. The summed E-state index contributed by atoms with van der Waals surface area (Å²) in [7, 11) is 0. The van der Waals surface area contributed by atoms with Crippen LogP contribution in [0.5, 0.6) is 0 Å². The molecule has 9 heavy (non-hydrogen) atoms. The van der Waals surface area contributed by atoms with E-state index in [0.29, 0.717) is 5.15 Å². The lowest BCUT2D eigenvalue weighted by Gasteiger charge is -1.79. The number of hydrogen-bond donors (Lipinski definition) is 0. The van der Waals surface area contributed by atoms with Crippen molar-refractivity contribution in [3.05, 3.63) is 29.5 Å². The molecule has 0 aromatic carbocycles. The number of nitrogens with zero attached hydrogens (tertiary/aromatic N) is 1. The Morgan fingerprint density at radius 3 is 2.22 bits per heavy atom. The number of aromatic nitrogens is 1. The summed E-state index contributed by atoms with van der Waals surface area (Å²) < 4.78 is 0. The van der Waals surface area contributed by atoms with E-state index in [1.165, 1.54) is 0 Å². The Kier molecular flexibility index (Phi) is 5.23. The number of halogens is 1. The Labute approximate surface area is 60.7 Å². The van der Waals surface area contributed by atoms with Crippen molar-refractivity contribution in [2.45, 2.75) is 13.8 Å². The number of hydrogen-bond acceptors (Lipinski definition) is 1. The third kappa shape index (κ3) is 3.98. The molecular formula is C7H10ClN. The summed E-state index contributed by atoms with van der Waals surface area (Å²) in [6, 6.07) is 5.41. The highest BCUT2D eigenvalue weighted by Gasteiger charge is 1.76. The third-order valence-corrected chi connectivity index (χ3v) is 0.852. The molecule has 0 N–H and O–H groups in total. The molecule has 0 bridgehead atoms. The SMILES string of the molecule is CC.Clc1ccccn1. The van der Waals surface area contributed by atoms with Crippen LogP contribution >= 0.6 is 11.6 Å². The van der Waals surface area contributed by atoms with Crippen LogP contribution in [0.1, 0.15) is 13.8 Å². The lowest BCUT2D eigenvalue weighted by atomic mass is 10.5. The molecule has 1 aromatic heterocycles. The molecule has 0 aliphatic carbocycles. The molecule has 1 heterocycles. The van der Waals surface area contributed by atoms with E-state index in [1.54, 1.807) is 12.3 Å². The second kappa shape index (κ2) is 5.57. The highest BCUT2D eigenvalue weighted by Crippen LogP contribution is 1.98. The zero-order chi connectivity index (χ0) is 7.11. The van der Waals surface area contributed by atoms with Gasteiger partial charge in [0.1, 0.15) is 5.15 Å². The third-order valence-electron chi connectivity index (χ3n) is 0.629. The maximum absolute atomic E-state index is 5.43. The largest absolute Gasteiger partial charge is 0.245 e. The molecule has 0 unspecified atom stereocenters. The molecular weight excluding hydrogens is 134 g/mol. The Morgan fingerprint density at radius 1 is 1.33 bits per heavy atom. The van der Waals surface area contributed by atoms with Crippen LogP contribution in [-0.2, 0) is 0 Å². The van der Waals surface area contributed by atoms with Gasteiger partial charge in [0.2, 0.25) is 0 Å². The van der Waals surface area contributed by atoms with Gasteiger partial charge in [0.15, 0.2) is 0 Å². The van der Waals surface area contributed by atoms with Crippen molar-refractivity contribution in [2.24, 2.45) is 0 Å². The first-order chi connectivity index (χ1) is 4.39. The van der Waals surface area contributed by atoms with Crippen molar-refractivity contribution in [1.82, 2.24) is 4.98 Å². The van der Waals surface area contributed by atoms with Crippen LogP contribution in [0, 0.1) is 0 Å². The van der Waals surface area contributed by atoms with Gasteiger partial charge in [0.05, 0.1) is 0 Å². The topological polar surface area (TPSA) is 12.9 Å². The summed E-state index contributed by atoms with van der Waals surface area (Å²) in [5.74, 6) is 0. The van der Waals surface area contributed by atoms with Gasteiger partial charge in [-0.1, -0.05) is 31.5 Å². The van der Waals surface area contributed by atoms with E-state index in [9.17, 15) is 0 Å². The van der Waals surface area contributed by atoms with Gasteiger partial charge in [-0.05, 0) is 12.1 Å². The van der Waals surface area contributed by atoms with Crippen LogP contribution in [-0.4, -0.2) is 4.98 Å². The second-order valence-electron chi connectivity index (χ2n) is 1.15. The van der Waals surface area contributed by atoms with Gasteiger partial charge in [0.25, 0.3) is 0 Å². The van der Waals surface area contributed by atoms with E-state index in [2.05, 4.69) is 4.98 Å². The monoisotopic (exact) mass is 143 g/mol. The predicted octanol–water partition coefficient (Wildman–Crippen LogP) is 2.76. The van der Waals surface area contributed by atoms with Crippen LogP contribution in [0.15, 0.2) is 24.4 Å². The van der Waals surface area contributed by atoms with E-state index < -0.39 is 0 Å². The van der Waals surface area contributed by atoms with Gasteiger partial charge < -0.3 is 0 Å². The fraction of sp³-hybridized carbons (Fsp3) is 0.286. The molecule has 0 fully saturated rings. The highest BCUT2D eigenvalue weighted by atomic mass is 35.5. The van der Waals surface area contributed by atoms with Gasteiger partial charge in [-0.3, -0.25) is 0 Å². The van der Waals surface area contributed by atoms with E-state index in [1.807, 2.05) is 26.0 Å². The van der Waals surface area contributed by atoms with E-state index >= 15 is 0 Å². The fourth-order valence-corrected chi connectivity index (χ4v) is 0.471. The average molecular weight is 144 g/mol. The van der Waals surface area contributed by atoms with Crippen LogP contribution in [0.2, 0.25) is 5.15 Å². The molecule has 0 aliphatic rings. The lowest BCUT2D eigenvalue weighted by Crippen LogP contribution is -1.65. The minimum Gasteiger partial charge on any atom is -0.245 e.